The second kappa shape index (κ2) is 9.47. The molecule has 0 amide bonds. The number of nitrogens with two attached hydrogens (primary N) is 1. The third-order valence-corrected chi connectivity index (χ3v) is 5.52. The number of hydrogen-bond donors (Lipinski definition) is 2. The predicted octanol–water partition coefficient (Wildman–Crippen LogP) is 3.87. The number of nitrogens with zero attached hydrogens (tertiary/aromatic N) is 5. The van der Waals surface area contributed by atoms with Crippen molar-refractivity contribution in [1.29, 1.82) is 0 Å². The van der Waals surface area contributed by atoms with Crippen LogP contribution in [0.5, 0.6) is 0 Å². The summed E-state index contributed by atoms with van der Waals surface area (Å²) in [6.07, 6.45) is 0.711. The van der Waals surface area contributed by atoms with E-state index in [9.17, 15) is 0 Å². The highest BCUT2D eigenvalue weighted by molar-refractivity contribution is 6.30. The van der Waals surface area contributed by atoms with Crippen molar-refractivity contribution in [2.24, 2.45) is 0 Å². The van der Waals surface area contributed by atoms with E-state index in [1.54, 1.807) is 12.1 Å². The van der Waals surface area contributed by atoms with Gasteiger partial charge in [-0.1, -0.05) is 23.2 Å². The predicted molar refractivity (Wildman–Crippen MR) is 123 cm³/mol. The Balaban J connectivity index is 1.31. The zero-order valence-corrected chi connectivity index (χ0v) is 17.9. The van der Waals surface area contributed by atoms with Gasteiger partial charge in [-0.2, -0.15) is 15.0 Å². The quantitative estimate of drug-likeness (QED) is 0.597. The molecule has 3 N–H and O–H groups in total. The van der Waals surface area contributed by atoms with E-state index in [1.165, 1.54) is 5.69 Å². The fraction of sp³-hybridized carbons (Fsp3) is 0.286. The standard InChI is InChI=1S/C21H23Cl2N7/c22-15-1-5-17(6-2-15)25-21-27-19(26-20(24)28-21)9-10-29-11-13-30(14-12-29)18-7-3-16(23)4-8-18/h1-8H,9-14H2,(H3,24,25,26,27,28). The number of hydrogen-bond acceptors (Lipinski definition) is 7. The first-order chi connectivity index (χ1) is 14.5. The van der Waals surface area contributed by atoms with Crippen LogP contribution < -0.4 is 16.0 Å². The van der Waals surface area contributed by atoms with Gasteiger partial charge in [-0.15, -0.1) is 0 Å². The Kier molecular flexibility index (Phi) is 6.52. The molecule has 1 fully saturated rings. The lowest BCUT2D eigenvalue weighted by atomic mass is 10.2. The van der Waals surface area contributed by atoms with Crippen molar-refractivity contribution in [2.75, 3.05) is 48.7 Å². The number of piperazine rings is 1. The van der Waals surface area contributed by atoms with E-state index in [4.69, 9.17) is 28.9 Å². The van der Waals surface area contributed by atoms with Crippen LogP contribution in [0, 0.1) is 0 Å². The molecule has 9 heteroatoms. The van der Waals surface area contributed by atoms with Crippen LogP contribution in [0.25, 0.3) is 0 Å². The van der Waals surface area contributed by atoms with E-state index in [1.807, 2.05) is 24.3 Å². The fourth-order valence-corrected chi connectivity index (χ4v) is 3.66. The first-order valence-electron chi connectivity index (χ1n) is 9.81. The summed E-state index contributed by atoms with van der Waals surface area (Å²) in [6.45, 7) is 4.80. The molecule has 0 unspecified atom stereocenters. The summed E-state index contributed by atoms with van der Waals surface area (Å²) in [6, 6.07) is 15.3. The zero-order valence-electron chi connectivity index (χ0n) is 16.4. The maximum absolute atomic E-state index is 5.99. The monoisotopic (exact) mass is 443 g/mol. The Labute approximate surface area is 185 Å². The highest BCUT2D eigenvalue weighted by Crippen LogP contribution is 2.20. The molecule has 2 aromatic carbocycles. The Morgan fingerprint density at radius 2 is 1.47 bits per heavy atom. The smallest absolute Gasteiger partial charge is 0.232 e. The molecule has 0 bridgehead atoms. The topological polar surface area (TPSA) is 83.2 Å². The second-order valence-electron chi connectivity index (χ2n) is 7.12. The molecule has 0 spiro atoms. The lowest BCUT2D eigenvalue weighted by molar-refractivity contribution is 0.259. The van der Waals surface area contributed by atoms with Crippen LogP contribution in [0.4, 0.5) is 23.3 Å². The first-order valence-corrected chi connectivity index (χ1v) is 10.6. The van der Waals surface area contributed by atoms with Gasteiger partial charge in [-0.05, 0) is 48.5 Å². The number of rotatable bonds is 6. The van der Waals surface area contributed by atoms with E-state index in [-0.39, 0.29) is 5.95 Å². The van der Waals surface area contributed by atoms with E-state index in [0.717, 1.165) is 43.4 Å². The highest BCUT2D eigenvalue weighted by Gasteiger charge is 2.17. The number of benzene rings is 2. The summed E-state index contributed by atoms with van der Waals surface area (Å²) >= 11 is 11.9. The van der Waals surface area contributed by atoms with Crippen molar-refractivity contribution < 1.29 is 0 Å². The number of aromatic nitrogens is 3. The molecule has 156 valence electrons. The average Bonchev–Trinajstić information content (AvgIpc) is 2.75. The number of halogens is 2. The van der Waals surface area contributed by atoms with E-state index in [2.05, 4.69) is 42.2 Å². The Morgan fingerprint density at radius 3 is 2.13 bits per heavy atom. The van der Waals surface area contributed by atoms with Gasteiger partial charge in [-0.3, -0.25) is 4.90 Å². The minimum atomic E-state index is 0.212. The van der Waals surface area contributed by atoms with Crippen molar-refractivity contribution in [1.82, 2.24) is 19.9 Å². The lowest BCUT2D eigenvalue weighted by Gasteiger charge is -2.36. The number of anilines is 4. The van der Waals surface area contributed by atoms with E-state index in [0.29, 0.717) is 23.2 Å². The van der Waals surface area contributed by atoms with E-state index < -0.39 is 0 Å². The highest BCUT2D eigenvalue weighted by atomic mass is 35.5. The summed E-state index contributed by atoms with van der Waals surface area (Å²) in [7, 11) is 0. The molecule has 4 rings (SSSR count). The van der Waals surface area contributed by atoms with Crippen molar-refractivity contribution in [3.05, 3.63) is 64.4 Å². The van der Waals surface area contributed by atoms with Crippen molar-refractivity contribution in [2.45, 2.75) is 6.42 Å². The minimum Gasteiger partial charge on any atom is -0.369 e. The largest absolute Gasteiger partial charge is 0.369 e. The van der Waals surface area contributed by atoms with Gasteiger partial charge in [0.25, 0.3) is 0 Å². The molecule has 1 saturated heterocycles. The molecule has 0 atom stereocenters. The van der Waals surface area contributed by atoms with Crippen LogP contribution in [0.2, 0.25) is 10.0 Å². The zero-order chi connectivity index (χ0) is 20.9. The molecular weight excluding hydrogens is 421 g/mol. The third kappa shape index (κ3) is 5.50. The molecule has 0 aliphatic carbocycles. The van der Waals surface area contributed by atoms with Crippen molar-refractivity contribution in [3.63, 3.8) is 0 Å². The third-order valence-electron chi connectivity index (χ3n) is 5.02. The van der Waals surface area contributed by atoms with E-state index >= 15 is 0 Å². The molecule has 7 nitrogen and oxygen atoms in total. The lowest BCUT2D eigenvalue weighted by Crippen LogP contribution is -2.47. The Bertz CT molecular complexity index is 972. The van der Waals surface area contributed by atoms with Crippen molar-refractivity contribution >= 4 is 46.5 Å². The summed E-state index contributed by atoms with van der Waals surface area (Å²) in [4.78, 5) is 17.8. The SMILES string of the molecule is Nc1nc(CCN2CCN(c3ccc(Cl)cc3)CC2)nc(Nc2ccc(Cl)cc2)n1. The van der Waals surface area contributed by atoms with Crippen molar-refractivity contribution in [3.8, 4) is 0 Å². The van der Waals surface area contributed by atoms with Gasteiger partial charge in [0.05, 0.1) is 0 Å². The summed E-state index contributed by atoms with van der Waals surface area (Å²) in [5.74, 6) is 1.33. The maximum atomic E-state index is 5.99. The van der Waals surface area contributed by atoms with Gasteiger partial charge >= 0.3 is 0 Å². The minimum absolute atomic E-state index is 0.212. The van der Waals surface area contributed by atoms with Gasteiger partial charge in [0, 0.05) is 60.6 Å². The normalized spacial score (nSPS) is 14.7. The van der Waals surface area contributed by atoms with Crippen LogP contribution in [0.3, 0.4) is 0 Å². The number of nitrogens with one attached hydrogen (secondary N) is 1. The van der Waals surface area contributed by atoms with Crippen LogP contribution in [0.15, 0.2) is 48.5 Å². The molecule has 30 heavy (non-hydrogen) atoms. The summed E-state index contributed by atoms with van der Waals surface area (Å²) in [5, 5.41) is 4.58. The fourth-order valence-electron chi connectivity index (χ4n) is 3.41. The second-order valence-corrected chi connectivity index (χ2v) is 7.99. The van der Waals surface area contributed by atoms with Crippen LogP contribution >= 0.6 is 23.2 Å². The van der Waals surface area contributed by atoms with Gasteiger partial charge in [0.2, 0.25) is 11.9 Å². The molecule has 0 radical (unpaired) electrons. The van der Waals surface area contributed by atoms with Crippen LogP contribution in [-0.2, 0) is 6.42 Å². The maximum Gasteiger partial charge on any atom is 0.232 e. The van der Waals surface area contributed by atoms with Gasteiger partial charge in [-0.25, -0.2) is 0 Å². The Hall–Kier alpha value is -2.61. The number of nitrogen functional groups attached to an aromatic ring is 1. The first kappa shape index (κ1) is 20.7. The molecule has 1 aliphatic rings. The summed E-state index contributed by atoms with van der Waals surface area (Å²) in [5.41, 5.74) is 7.94. The average molecular weight is 444 g/mol. The molecular formula is C21H23Cl2N7. The molecule has 1 aliphatic heterocycles. The van der Waals surface area contributed by atoms with Gasteiger partial charge in [0.1, 0.15) is 5.82 Å². The molecule has 2 heterocycles. The van der Waals surface area contributed by atoms with Gasteiger partial charge in [0.15, 0.2) is 0 Å². The van der Waals surface area contributed by atoms with Crippen LogP contribution in [0.1, 0.15) is 5.82 Å². The van der Waals surface area contributed by atoms with Crippen LogP contribution in [-0.4, -0.2) is 52.6 Å². The molecule has 3 aromatic rings. The molecule has 1 aromatic heterocycles. The molecule has 0 saturated carbocycles. The summed E-state index contributed by atoms with van der Waals surface area (Å²) < 4.78 is 0. The van der Waals surface area contributed by atoms with Gasteiger partial charge < -0.3 is 16.0 Å². The Morgan fingerprint density at radius 1 is 0.833 bits per heavy atom.